The summed E-state index contributed by atoms with van der Waals surface area (Å²) in [7, 11) is 0. The SMILES string of the molecule is NCCCC[C@H](NC(=O)[C@@H](CO)NC(=O)[C@H]1CCNC2C(NC(=O)CCC(=O)C(=O)O)CC3CC(O)C(O)CC3[NH+]21)C(=O)NCC(=O)N[C@@H](CCCN(O)C=O)C(=O)N[C@H]1CCCCNC(=O)[C@H](CO)NC(=O)[C@H](CCCN(O)C=O)NC1=O. The Morgan fingerprint density at radius 3 is 2.04 bits per heavy atom. The molecular weight excluding hydrogens is 1120 g/mol. The van der Waals surface area contributed by atoms with E-state index in [0.29, 0.717) is 22.8 Å². The summed E-state index contributed by atoms with van der Waals surface area (Å²) in [6, 6.07) is -10.9. The van der Waals surface area contributed by atoms with Crippen molar-refractivity contribution < 1.29 is 103 Å². The molecule has 3 saturated heterocycles. The number of aliphatic hydroxyl groups excluding tert-OH is 4. The van der Waals surface area contributed by atoms with E-state index in [1.54, 1.807) is 0 Å². The average molecular weight is 1200 g/mol. The maximum atomic E-state index is 14.3. The molecule has 0 aromatic carbocycles. The van der Waals surface area contributed by atoms with E-state index in [1.807, 2.05) is 0 Å². The second-order valence-electron chi connectivity index (χ2n) is 21.3. The van der Waals surface area contributed by atoms with Crippen LogP contribution >= 0.6 is 0 Å². The number of hydrogen-bond acceptors (Lipinski definition) is 21. The first-order chi connectivity index (χ1) is 40.0. The van der Waals surface area contributed by atoms with Crippen molar-refractivity contribution in [2.24, 2.45) is 11.7 Å². The van der Waals surface area contributed by atoms with Crippen molar-refractivity contribution >= 4 is 77.7 Å². The second kappa shape index (κ2) is 35.3. The van der Waals surface area contributed by atoms with Gasteiger partial charge in [-0.15, -0.1) is 0 Å². The lowest BCUT2D eigenvalue weighted by atomic mass is 9.72. The molecule has 3 aliphatic heterocycles. The molecule has 7 unspecified atom stereocenters. The van der Waals surface area contributed by atoms with E-state index in [-0.39, 0.29) is 134 Å². The Bertz CT molecular complexity index is 2310. The number of nitrogens with two attached hydrogens (primary N) is 1. The van der Waals surface area contributed by atoms with Gasteiger partial charge in [-0.25, -0.2) is 14.9 Å². The Balaban J connectivity index is 1.47. The van der Waals surface area contributed by atoms with Crippen molar-refractivity contribution in [1.82, 2.24) is 63.3 Å². The van der Waals surface area contributed by atoms with Gasteiger partial charge < -0.3 is 84.0 Å². The topological polar surface area (TPSA) is 521 Å². The standard InChI is InChI=1S/C50H82N14O20/c51-14-3-1-7-28(57-48(79)34(24-66)61-49(80)35-13-16-52-42-32(56-40(72)12-11-37(69)50(81)82)19-27-20-38(70)39(71)21-36(27)64(35)42)43(74)54-22-41(73)55-29(9-5-17-62(83)25-67)45(76)58-30-8-2-4-15-53-44(75)33(23-65)60-47(78)31(59-46(30)77)10-6-18-63(84)26-68/h25-36,38-39,42,52,65-66,70-71,83-84H,1-24,51H2,(H,53,75)(H,54,74)(H,55,73)(H,56,72)(H,57,79)(H,58,76)(H,59,77)(H,60,78)(H,61,80)(H,81,82)/p+1/t27?,28-,29-,30-,31-,32?,33-,34+,35+,36?,38?,39?,42?/m0/s1. The molecule has 0 aromatic rings. The summed E-state index contributed by atoms with van der Waals surface area (Å²) in [5.41, 5.74) is 5.70. The molecule has 84 heavy (non-hydrogen) atoms. The maximum absolute atomic E-state index is 14.3. The fourth-order valence-corrected chi connectivity index (χ4v) is 10.8. The molecule has 20 N–H and O–H groups in total. The highest BCUT2D eigenvalue weighted by molar-refractivity contribution is 6.32. The quantitative estimate of drug-likeness (QED) is 0.0101. The highest BCUT2D eigenvalue weighted by atomic mass is 16.5. The predicted octanol–water partition coefficient (Wildman–Crippen LogP) is -9.92. The third-order valence-electron chi connectivity index (χ3n) is 15.3. The molecule has 472 valence electrons. The van der Waals surface area contributed by atoms with Gasteiger partial charge in [-0.1, -0.05) is 0 Å². The number of unbranched alkanes of at least 4 members (excludes halogenated alkanes) is 1. The third kappa shape index (κ3) is 21.5. The van der Waals surface area contributed by atoms with Crippen molar-refractivity contribution in [3.05, 3.63) is 0 Å². The Kier molecular flexibility index (Phi) is 29.2. The number of hydroxylamine groups is 4. The number of nitrogens with zero attached hydrogens (tertiary/aromatic N) is 2. The van der Waals surface area contributed by atoms with Crippen LogP contribution in [0, 0.1) is 5.92 Å². The molecule has 0 spiro atoms. The number of Topliss-reactive ketones (excluding diaryl/α,β-unsaturated/α-hetero) is 1. The molecule has 3 heterocycles. The molecular formula is C50H83N14O20+. The highest BCUT2D eigenvalue weighted by Gasteiger charge is 2.56. The lowest BCUT2D eigenvalue weighted by Gasteiger charge is -2.54. The summed E-state index contributed by atoms with van der Waals surface area (Å²) in [6.45, 7) is -2.67. The molecule has 4 rings (SSSR count). The van der Waals surface area contributed by atoms with Crippen LogP contribution < -0.4 is 63.8 Å². The average Bonchev–Trinajstić information content (AvgIpc) is 1.54. The Labute approximate surface area is 482 Å². The molecule has 1 aliphatic carbocycles. The van der Waals surface area contributed by atoms with Crippen molar-refractivity contribution in [2.45, 2.75) is 175 Å². The number of quaternary nitrogens is 1. The third-order valence-corrected chi connectivity index (χ3v) is 15.3. The minimum Gasteiger partial charge on any atom is -0.476 e. The van der Waals surface area contributed by atoms with Gasteiger partial charge in [0, 0.05) is 57.8 Å². The monoisotopic (exact) mass is 1200 g/mol. The van der Waals surface area contributed by atoms with E-state index < -0.39 is 170 Å². The normalized spacial score (nSPS) is 26.4. The van der Waals surface area contributed by atoms with Crippen LogP contribution in [0.4, 0.5) is 0 Å². The van der Waals surface area contributed by atoms with Gasteiger partial charge in [-0.3, -0.25) is 73.3 Å². The van der Waals surface area contributed by atoms with Gasteiger partial charge in [0.15, 0.2) is 12.2 Å². The highest BCUT2D eigenvalue weighted by Crippen LogP contribution is 2.32. The second-order valence-corrected chi connectivity index (χ2v) is 21.3. The van der Waals surface area contributed by atoms with Gasteiger partial charge in [0.05, 0.1) is 44.1 Å². The number of rotatable bonds is 31. The number of carbonyl (C=O) groups is 13. The Morgan fingerprint density at radius 1 is 0.702 bits per heavy atom. The van der Waals surface area contributed by atoms with Crippen LogP contribution in [0.2, 0.25) is 0 Å². The lowest BCUT2D eigenvalue weighted by molar-refractivity contribution is -0.983. The van der Waals surface area contributed by atoms with E-state index in [9.17, 15) is 93.2 Å². The van der Waals surface area contributed by atoms with Gasteiger partial charge in [0.1, 0.15) is 36.3 Å². The number of carboxylic acid groups (broad SMARTS) is 1. The Morgan fingerprint density at radius 2 is 1.37 bits per heavy atom. The van der Waals surface area contributed by atoms with Crippen LogP contribution in [0.5, 0.6) is 0 Å². The van der Waals surface area contributed by atoms with Gasteiger partial charge >= 0.3 is 5.97 Å². The first-order valence-corrected chi connectivity index (χ1v) is 28.2. The smallest absolute Gasteiger partial charge is 0.372 e. The zero-order valence-electron chi connectivity index (χ0n) is 46.5. The Hall–Kier alpha value is -7.05. The van der Waals surface area contributed by atoms with Crippen LogP contribution in [0.1, 0.15) is 103 Å². The molecule has 4 aliphatic rings. The van der Waals surface area contributed by atoms with Crippen LogP contribution in [0.3, 0.4) is 0 Å². The van der Waals surface area contributed by atoms with E-state index in [2.05, 4.69) is 53.2 Å². The minimum atomic E-state index is -1.69. The van der Waals surface area contributed by atoms with E-state index in [0.717, 1.165) is 0 Å². The number of amides is 11. The number of carboxylic acids is 1. The molecule has 34 nitrogen and oxygen atoms in total. The van der Waals surface area contributed by atoms with E-state index in [4.69, 9.17) is 10.8 Å². The van der Waals surface area contributed by atoms with Crippen molar-refractivity contribution in [1.29, 1.82) is 0 Å². The lowest BCUT2D eigenvalue weighted by Crippen LogP contribution is -3.29. The summed E-state index contributed by atoms with van der Waals surface area (Å²) in [6.07, 6.45) is -2.66. The molecule has 0 radical (unpaired) electrons. The van der Waals surface area contributed by atoms with Crippen LogP contribution in [0.25, 0.3) is 0 Å². The molecule has 0 bridgehead atoms. The van der Waals surface area contributed by atoms with Gasteiger partial charge in [0.25, 0.3) is 5.91 Å². The largest absolute Gasteiger partial charge is 0.476 e. The van der Waals surface area contributed by atoms with Crippen LogP contribution in [0.15, 0.2) is 0 Å². The van der Waals surface area contributed by atoms with Crippen LogP contribution in [-0.4, -0.2) is 249 Å². The molecule has 1 saturated carbocycles. The summed E-state index contributed by atoms with van der Waals surface area (Å²) in [5.74, 6) is -10.9. The molecule has 11 amide bonds. The number of hydrogen-bond donors (Lipinski definition) is 19. The van der Waals surface area contributed by atoms with Crippen molar-refractivity contribution in [2.75, 3.05) is 52.5 Å². The maximum Gasteiger partial charge on any atom is 0.372 e. The first kappa shape index (κ1) is 69.4. The zero-order chi connectivity index (χ0) is 62.0. The minimum absolute atomic E-state index is 0.0429. The fourth-order valence-electron chi connectivity index (χ4n) is 10.8. The van der Waals surface area contributed by atoms with E-state index in [1.165, 1.54) is 0 Å². The molecule has 34 heteroatoms. The number of fused-ring (bicyclic) bond motifs is 3. The number of ketones is 1. The summed E-state index contributed by atoms with van der Waals surface area (Å²) < 4.78 is 0. The van der Waals surface area contributed by atoms with Gasteiger partial charge in [-0.2, -0.15) is 0 Å². The van der Waals surface area contributed by atoms with Gasteiger partial charge in [0.2, 0.25) is 65.9 Å². The number of carbonyl (C=O) groups excluding carboxylic acids is 12. The first-order valence-electron chi connectivity index (χ1n) is 28.2. The number of aliphatic carboxylic acids is 1. The number of nitrogens with one attached hydrogen (secondary N) is 11. The summed E-state index contributed by atoms with van der Waals surface area (Å²) >= 11 is 0. The fraction of sp³-hybridized carbons (Fsp3) is 0.740. The molecule has 14 atom stereocenters. The molecule has 4 fully saturated rings. The number of piperidine rings is 1. The predicted molar refractivity (Wildman–Crippen MR) is 284 cm³/mol. The zero-order valence-corrected chi connectivity index (χ0v) is 46.5. The van der Waals surface area contributed by atoms with Crippen LogP contribution in [-0.2, 0) is 62.3 Å². The van der Waals surface area contributed by atoms with E-state index >= 15 is 0 Å². The summed E-state index contributed by atoms with van der Waals surface area (Å²) in [4.78, 5) is 168. The summed E-state index contributed by atoms with van der Waals surface area (Å²) in [5, 5.41) is 96.7. The number of aliphatic hydroxyl groups is 4. The van der Waals surface area contributed by atoms with Crippen molar-refractivity contribution in [3.8, 4) is 0 Å². The molecule has 0 aromatic heterocycles. The van der Waals surface area contributed by atoms with Gasteiger partial charge in [-0.05, 0) is 83.6 Å². The van der Waals surface area contributed by atoms with Crippen molar-refractivity contribution in [3.63, 3.8) is 0 Å².